The van der Waals surface area contributed by atoms with Crippen LogP contribution in [0.5, 0.6) is 0 Å². The number of anilines is 1. The van der Waals surface area contributed by atoms with Gasteiger partial charge in [-0.3, -0.25) is 14.6 Å². The lowest BCUT2D eigenvalue weighted by atomic mass is 9.94. The molecule has 1 N–H and O–H groups in total. The molecule has 3 rings (SSSR count). The quantitative estimate of drug-likeness (QED) is 0.517. The maximum absolute atomic E-state index is 12.6. The molecule has 0 saturated carbocycles. The molecule has 1 aromatic rings. The van der Waals surface area contributed by atoms with Crippen molar-refractivity contribution in [2.75, 3.05) is 31.6 Å². The second-order valence-corrected chi connectivity index (χ2v) is 9.21. The Morgan fingerprint density at radius 2 is 1.85 bits per heavy atom. The van der Waals surface area contributed by atoms with E-state index in [4.69, 9.17) is 14.2 Å². The number of nitrogens with zero attached hydrogens (tertiary/aromatic N) is 2. The first kappa shape index (κ1) is 25.1. The smallest absolute Gasteiger partial charge is 0.414 e. The molecule has 1 saturated heterocycles. The summed E-state index contributed by atoms with van der Waals surface area (Å²) in [7, 11) is 1.29. The number of ether oxygens (including phenoxy) is 3. The monoisotopic (exact) mass is 473 g/mol. The van der Waals surface area contributed by atoms with Crippen LogP contribution in [0, 0.1) is 0 Å². The Morgan fingerprint density at radius 3 is 2.44 bits per heavy atom. The fourth-order valence-corrected chi connectivity index (χ4v) is 3.79. The van der Waals surface area contributed by atoms with E-state index in [0.717, 1.165) is 11.1 Å². The topological polar surface area (TPSA) is 114 Å². The summed E-state index contributed by atoms with van der Waals surface area (Å²) in [5.74, 6) is -0.701. The highest BCUT2D eigenvalue weighted by molar-refractivity contribution is 5.90. The lowest BCUT2D eigenvalue weighted by molar-refractivity contribution is -0.146. The molecule has 2 aliphatic rings. The van der Waals surface area contributed by atoms with E-state index >= 15 is 0 Å². The van der Waals surface area contributed by atoms with E-state index in [-0.39, 0.29) is 25.4 Å². The van der Waals surface area contributed by atoms with E-state index in [1.807, 2.05) is 18.2 Å². The van der Waals surface area contributed by atoms with Crippen LogP contribution in [0.2, 0.25) is 0 Å². The van der Waals surface area contributed by atoms with E-state index in [0.29, 0.717) is 12.2 Å². The number of amides is 3. The lowest BCUT2D eigenvalue weighted by Crippen LogP contribution is -2.49. The molecular formula is C24H31N3O7. The molecule has 0 radical (unpaired) electrons. The van der Waals surface area contributed by atoms with Crippen LogP contribution in [-0.2, 0) is 23.8 Å². The normalized spacial score (nSPS) is 20.4. The van der Waals surface area contributed by atoms with Gasteiger partial charge in [-0.15, -0.1) is 0 Å². The van der Waals surface area contributed by atoms with Crippen molar-refractivity contribution in [3.05, 3.63) is 35.9 Å². The minimum Gasteiger partial charge on any atom is -0.467 e. The van der Waals surface area contributed by atoms with Crippen molar-refractivity contribution in [2.45, 2.75) is 51.9 Å². The SMILES string of the molecule is COC(=O)C1CC(c2ccc(N3C[C@H](CNC(C)=O)OC3=O)cc2)=CCN1C(=O)OC(C)(C)C. The van der Waals surface area contributed by atoms with Crippen molar-refractivity contribution in [1.29, 1.82) is 0 Å². The number of hydrogen-bond donors (Lipinski definition) is 1. The van der Waals surface area contributed by atoms with Crippen LogP contribution in [0.4, 0.5) is 15.3 Å². The highest BCUT2D eigenvalue weighted by Gasteiger charge is 2.37. The Balaban J connectivity index is 1.72. The number of cyclic esters (lactones) is 1. The summed E-state index contributed by atoms with van der Waals surface area (Å²) in [6.07, 6.45) is 0.687. The zero-order chi connectivity index (χ0) is 25.0. The summed E-state index contributed by atoms with van der Waals surface area (Å²) in [5.41, 5.74) is 1.73. The minimum atomic E-state index is -0.803. The average Bonchev–Trinajstić information content (AvgIpc) is 3.16. The molecule has 0 spiro atoms. The number of benzene rings is 1. The van der Waals surface area contributed by atoms with Crippen molar-refractivity contribution in [3.63, 3.8) is 0 Å². The van der Waals surface area contributed by atoms with Crippen molar-refractivity contribution in [1.82, 2.24) is 10.2 Å². The maximum Gasteiger partial charge on any atom is 0.414 e. The predicted octanol–water partition coefficient (Wildman–Crippen LogP) is 2.71. The third-order valence-electron chi connectivity index (χ3n) is 5.43. The van der Waals surface area contributed by atoms with E-state index < -0.39 is 35.9 Å². The highest BCUT2D eigenvalue weighted by atomic mass is 16.6. The van der Waals surface area contributed by atoms with E-state index in [9.17, 15) is 19.2 Å². The van der Waals surface area contributed by atoms with Gasteiger partial charge >= 0.3 is 18.2 Å². The van der Waals surface area contributed by atoms with Crippen LogP contribution in [0.3, 0.4) is 0 Å². The molecule has 10 heteroatoms. The first-order chi connectivity index (χ1) is 16.0. The third kappa shape index (κ3) is 6.06. The van der Waals surface area contributed by atoms with Crippen LogP contribution in [0.15, 0.2) is 30.3 Å². The fraction of sp³-hybridized carbons (Fsp3) is 0.500. The second-order valence-electron chi connectivity index (χ2n) is 9.21. The Bertz CT molecular complexity index is 981. The van der Waals surface area contributed by atoms with Crippen LogP contribution in [-0.4, -0.2) is 73.5 Å². The molecule has 2 aliphatic heterocycles. The van der Waals surface area contributed by atoms with Gasteiger partial charge in [0.15, 0.2) is 0 Å². The van der Waals surface area contributed by atoms with E-state index in [2.05, 4.69) is 5.32 Å². The number of carbonyl (C=O) groups is 4. The zero-order valence-electron chi connectivity index (χ0n) is 20.1. The molecule has 1 fully saturated rings. The number of carbonyl (C=O) groups excluding carboxylic acids is 4. The third-order valence-corrected chi connectivity index (χ3v) is 5.43. The first-order valence-corrected chi connectivity index (χ1v) is 11.1. The number of nitrogens with one attached hydrogen (secondary N) is 1. The molecule has 34 heavy (non-hydrogen) atoms. The Labute approximate surface area is 198 Å². The summed E-state index contributed by atoms with van der Waals surface area (Å²) < 4.78 is 15.7. The lowest BCUT2D eigenvalue weighted by Gasteiger charge is -2.34. The number of hydrogen-bond acceptors (Lipinski definition) is 7. The van der Waals surface area contributed by atoms with Gasteiger partial charge in [0.25, 0.3) is 0 Å². The van der Waals surface area contributed by atoms with Crippen LogP contribution in [0.25, 0.3) is 5.57 Å². The van der Waals surface area contributed by atoms with Crippen molar-refractivity contribution >= 4 is 35.3 Å². The van der Waals surface area contributed by atoms with E-state index in [1.165, 1.54) is 23.8 Å². The molecular weight excluding hydrogens is 442 g/mol. The van der Waals surface area contributed by atoms with Gasteiger partial charge in [-0.25, -0.2) is 14.4 Å². The Kier molecular flexibility index (Phi) is 7.48. The molecule has 3 amide bonds. The molecule has 0 aliphatic carbocycles. The minimum absolute atomic E-state index is 0.185. The van der Waals surface area contributed by atoms with Gasteiger partial charge in [-0.2, -0.15) is 0 Å². The van der Waals surface area contributed by atoms with Gasteiger partial charge in [-0.05, 0) is 44.0 Å². The maximum atomic E-state index is 12.6. The molecule has 2 heterocycles. The van der Waals surface area contributed by atoms with Crippen molar-refractivity contribution < 1.29 is 33.4 Å². The van der Waals surface area contributed by atoms with Gasteiger partial charge in [0.2, 0.25) is 5.91 Å². The molecule has 0 aromatic heterocycles. The Morgan fingerprint density at radius 1 is 1.18 bits per heavy atom. The predicted molar refractivity (Wildman–Crippen MR) is 124 cm³/mol. The van der Waals surface area contributed by atoms with E-state index in [1.54, 1.807) is 32.9 Å². The number of methoxy groups -OCH3 is 1. The summed E-state index contributed by atoms with van der Waals surface area (Å²) in [5, 5.41) is 2.65. The standard InChI is InChI=1S/C24H31N3O7/c1-15(28)25-13-19-14-27(22(30)33-19)18-8-6-16(7-9-18)17-10-11-26(20(12-17)21(29)32-5)23(31)34-24(2,3)4/h6-10,19-20H,11-14H2,1-5H3,(H,25,28)/t19-,20?/m0/s1. The van der Waals surface area contributed by atoms with Crippen LogP contribution >= 0.6 is 0 Å². The van der Waals surface area contributed by atoms with Gasteiger partial charge < -0.3 is 19.5 Å². The summed E-state index contributed by atoms with van der Waals surface area (Å²) in [4.78, 5) is 51.3. The van der Waals surface area contributed by atoms with Gasteiger partial charge in [0.1, 0.15) is 17.7 Å². The first-order valence-electron chi connectivity index (χ1n) is 11.1. The van der Waals surface area contributed by atoms with Crippen LogP contribution in [0.1, 0.15) is 39.7 Å². The fourth-order valence-electron chi connectivity index (χ4n) is 3.79. The largest absolute Gasteiger partial charge is 0.467 e. The molecule has 2 atom stereocenters. The van der Waals surface area contributed by atoms with Crippen LogP contribution < -0.4 is 10.2 Å². The summed E-state index contributed by atoms with van der Waals surface area (Å²) >= 11 is 0. The molecule has 1 unspecified atom stereocenters. The number of esters is 1. The summed E-state index contributed by atoms with van der Waals surface area (Å²) in [6.45, 7) is 7.50. The molecule has 0 bridgehead atoms. The molecule has 1 aromatic carbocycles. The number of rotatable bonds is 5. The second kappa shape index (κ2) is 10.1. The van der Waals surface area contributed by atoms with Gasteiger partial charge in [-0.1, -0.05) is 18.2 Å². The van der Waals surface area contributed by atoms with Crippen molar-refractivity contribution in [3.8, 4) is 0 Å². The molecule has 10 nitrogen and oxygen atoms in total. The highest BCUT2D eigenvalue weighted by Crippen LogP contribution is 2.30. The zero-order valence-corrected chi connectivity index (χ0v) is 20.1. The Hall–Kier alpha value is -3.56. The van der Waals surface area contributed by atoms with Crippen molar-refractivity contribution in [2.24, 2.45) is 0 Å². The van der Waals surface area contributed by atoms with Gasteiger partial charge in [0, 0.05) is 25.6 Å². The summed E-state index contributed by atoms with van der Waals surface area (Å²) in [6, 6.07) is 6.50. The molecule has 184 valence electrons. The van der Waals surface area contributed by atoms with Gasteiger partial charge in [0.05, 0.1) is 20.2 Å². The average molecular weight is 474 g/mol.